The Morgan fingerprint density at radius 3 is 2.48 bits per heavy atom. The van der Waals surface area contributed by atoms with Crippen LogP contribution in [0.3, 0.4) is 0 Å². The average Bonchev–Trinajstić information content (AvgIpc) is 2.68. The summed E-state index contributed by atoms with van der Waals surface area (Å²) >= 11 is 0. The highest BCUT2D eigenvalue weighted by molar-refractivity contribution is 5.89. The summed E-state index contributed by atoms with van der Waals surface area (Å²) in [5.41, 5.74) is 2.17. The van der Waals surface area contributed by atoms with E-state index in [1.54, 1.807) is 24.3 Å². The van der Waals surface area contributed by atoms with E-state index in [1.807, 2.05) is 30.3 Å². The van der Waals surface area contributed by atoms with Crippen molar-refractivity contribution in [1.29, 1.82) is 0 Å². The van der Waals surface area contributed by atoms with E-state index in [0.29, 0.717) is 29.2 Å². The number of ether oxygens (including phenoxy) is 2. The lowest BCUT2D eigenvalue weighted by molar-refractivity contribution is -0.126. The maximum atomic E-state index is 12.5. The summed E-state index contributed by atoms with van der Waals surface area (Å²) < 4.78 is 11.5. The van der Waals surface area contributed by atoms with E-state index in [0.717, 1.165) is 5.56 Å². The van der Waals surface area contributed by atoms with E-state index in [1.165, 1.54) is 12.1 Å². The molecule has 2 N–H and O–H groups in total. The summed E-state index contributed by atoms with van der Waals surface area (Å²) in [6, 6.07) is 19.6. The van der Waals surface area contributed by atoms with Crippen LogP contribution >= 0.6 is 0 Å². The van der Waals surface area contributed by atoms with E-state index < -0.39 is 6.10 Å². The SMILES string of the molecule is O=C1Cc2c(O)cc(O)cc2OC1c1ccc(OCc2ccccc2)cc1. The summed E-state index contributed by atoms with van der Waals surface area (Å²) in [5, 5.41) is 19.5. The van der Waals surface area contributed by atoms with Gasteiger partial charge in [0.15, 0.2) is 11.9 Å². The van der Waals surface area contributed by atoms with Crippen molar-refractivity contribution >= 4 is 5.78 Å². The van der Waals surface area contributed by atoms with Gasteiger partial charge in [-0.1, -0.05) is 42.5 Å². The van der Waals surface area contributed by atoms with Gasteiger partial charge in [-0.05, 0) is 17.7 Å². The Kier molecular flexibility index (Phi) is 4.42. The minimum atomic E-state index is -0.776. The molecule has 27 heavy (non-hydrogen) atoms. The minimum absolute atomic E-state index is 0.0539. The average molecular weight is 362 g/mol. The van der Waals surface area contributed by atoms with Gasteiger partial charge >= 0.3 is 0 Å². The van der Waals surface area contributed by atoms with Gasteiger partial charge in [0.05, 0.1) is 0 Å². The molecule has 0 spiro atoms. The van der Waals surface area contributed by atoms with Gasteiger partial charge < -0.3 is 19.7 Å². The number of aromatic hydroxyl groups is 2. The lowest BCUT2D eigenvalue weighted by Gasteiger charge is -2.26. The number of rotatable bonds is 4. The number of carbonyl (C=O) groups excluding carboxylic acids is 1. The van der Waals surface area contributed by atoms with Crippen molar-refractivity contribution in [3.63, 3.8) is 0 Å². The van der Waals surface area contributed by atoms with Crippen LogP contribution in [0, 0.1) is 0 Å². The fourth-order valence-electron chi connectivity index (χ4n) is 3.09. The topological polar surface area (TPSA) is 76.0 Å². The van der Waals surface area contributed by atoms with Gasteiger partial charge in [-0.15, -0.1) is 0 Å². The Balaban J connectivity index is 1.49. The molecule has 3 aromatic carbocycles. The van der Waals surface area contributed by atoms with Gasteiger partial charge in [0, 0.05) is 29.7 Å². The first-order valence-corrected chi connectivity index (χ1v) is 8.61. The Morgan fingerprint density at radius 1 is 1.00 bits per heavy atom. The highest BCUT2D eigenvalue weighted by atomic mass is 16.5. The Hall–Kier alpha value is -3.47. The molecule has 5 heteroatoms. The molecule has 3 aromatic rings. The molecule has 136 valence electrons. The van der Waals surface area contributed by atoms with E-state index >= 15 is 0 Å². The van der Waals surface area contributed by atoms with Gasteiger partial charge in [-0.25, -0.2) is 0 Å². The number of benzene rings is 3. The molecule has 1 aliphatic rings. The van der Waals surface area contributed by atoms with E-state index in [2.05, 4.69) is 0 Å². The summed E-state index contributed by atoms with van der Waals surface area (Å²) in [6.45, 7) is 0.463. The third kappa shape index (κ3) is 3.58. The molecule has 0 fully saturated rings. The molecule has 0 bridgehead atoms. The Bertz CT molecular complexity index is 964. The summed E-state index contributed by atoms with van der Waals surface area (Å²) in [4.78, 5) is 12.5. The zero-order chi connectivity index (χ0) is 18.8. The molecule has 1 unspecified atom stereocenters. The largest absolute Gasteiger partial charge is 0.508 e. The predicted molar refractivity (Wildman–Crippen MR) is 99.1 cm³/mol. The third-order valence-electron chi connectivity index (χ3n) is 4.49. The van der Waals surface area contributed by atoms with Crippen molar-refractivity contribution in [2.24, 2.45) is 0 Å². The van der Waals surface area contributed by atoms with Gasteiger partial charge in [-0.2, -0.15) is 0 Å². The van der Waals surface area contributed by atoms with E-state index in [4.69, 9.17) is 9.47 Å². The van der Waals surface area contributed by atoms with E-state index in [-0.39, 0.29) is 23.7 Å². The number of hydrogen-bond donors (Lipinski definition) is 2. The van der Waals surface area contributed by atoms with Crippen molar-refractivity contribution in [3.8, 4) is 23.0 Å². The molecule has 1 aliphatic heterocycles. The molecular weight excluding hydrogens is 344 g/mol. The van der Waals surface area contributed by atoms with Crippen molar-refractivity contribution in [3.05, 3.63) is 83.4 Å². The lowest BCUT2D eigenvalue weighted by Crippen LogP contribution is -2.25. The number of phenolic OH excluding ortho intramolecular Hbond substituents is 2. The molecule has 4 rings (SSSR count). The molecule has 0 aliphatic carbocycles. The first kappa shape index (κ1) is 17.0. The standard InChI is InChI=1S/C22H18O5/c23-16-10-19(24)18-12-20(25)22(27-21(18)11-16)15-6-8-17(9-7-15)26-13-14-4-2-1-3-5-14/h1-11,22-24H,12-13H2. The van der Waals surface area contributed by atoms with Crippen LogP contribution in [0.15, 0.2) is 66.7 Å². The number of Topliss-reactive ketones (excluding diaryl/α,β-unsaturated/α-hetero) is 1. The smallest absolute Gasteiger partial charge is 0.182 e. The number of ketones is 1. The third-order valence-corrected chi connectivity index (χ3v) is 4.49. The summed E-state index contributed by atoms with van der Waals surface area (Å²) in [5.74, 6) is 0.620. The Morgan fingerprint density at radius 2 is 1.74 bits per heavy atom. The number of carbonyl (C=O) groups is 1. The second-order valence-corrected chi connectivity index (χ2v) is 6.43. The molecule has 0 saturated heterocycles. The molecule has 1 atom stereocenters. The first-order valence-electron chi connectivity index (χ1n) is 8.61. The summed E-state index contributed by atoms with van der Waals surface area (Å²) in [7, 11) is 0. The highest BCUT2D eigenvalue weighted by Crippen LogP contribution is 2.40. The van der Waals surface area contributed by atoms with Crippen molar-refractivity contribution < 1.29 is 24.5 Å². The fourth-order valence-corrected chi connectivity index (χ4v) is 3.09. The summed E-state index contributed by atoms with van der Waals surface area (Å²) in [6.07, 6.45) is -0.722. The second kappa shape index (κ2) is 7.03. The van der Waals surface area contributed by atoms with Crippen LogP contribution in [0.4, 0.5) is 0 Å². The van der Waals surface area contributed by atoms with Gasteiger partial charge in [0.25, 0.3) is 0 Å². The van der Waals surface area contributed by atoms with Gasteiger partial charge in [0.2, 0.25) is 0 Å². The quantitative estimate of drug-likeness (QED) is 0.736. The van der Waals surface area contributed by atoms with Crippen LogP contribution in [0.5, 0.6) is 23.0 Å². The molecule has 5 nitrogen and oxygen atoms in total. The molecule has 0 aromatic heterocycles. The van der Waals surface area contributed by atoms with Crippen LogP contribution in [-0.2, 0) is 17.8 Å². The van der Waals surface area contributed by atoms with Crippen molar-refractivity contribution in [2.45, 2.75) is 19.1 Å². The maximum Gasteiger partial charge on any atom is 0.182 e. The normalized spacial score (nSPS) is 15.7. The molecule has 0 amide bonds. The van der Waals surface area contributed by atoms with Gasteiger partial charge in [0.1, 0.15) is 29.6 Å². The van der Waals surface area contributed by atoms with Crippen LogP contribution in [0.1, 0.15) is 22.8 Å². The predicted octanol–water partition coefficient (Wildman–Crippen LogP) is 3.92. The van der Waals surface area contributed by atoms with Crippen LogP contribution in [-0.4, -0.2) is 16.0 Å². The number of hydrogen-bond acceptors (Lipinski definition) is 5. The van der Waals surface area contributed by atoms with Crippen molar-refractivity contribution in [1.82, 2.24) is 0 Å². The second-order valence-electron chi connectivity index (χ2n) is 6.43. The maximum absolute atomic E-state index is 12.5. The number of phenols is 2. The minimum Gasteiger partial charge on any atom is -0.508 e. The molecule has 0 radical (unpaired) electrons. The van der Waals surface area contributed by atoms with Crippen LogP contribution in [0.2, 0.25) is 0 Å². The molecule has 1 heterocycles. The lowest BCUT2D eigenvalue weighted by atomic mass is 9.95. The number of fused-ring (bicyclic) bond motifs is 1. The highest BCUT2D eigenvalue weighted by Gasteiger charge is 2.31. The zero-order valence-corrected chi connectivity index (χ0v) is 14.5. The molecule has 0 saturated carbocycles. The van der Waals surface area contributed by atoms with Gasteiger partial charge in [-0.3, -0.25) is 4.79 Å². The monoisotopic (exact) mass is 362 g/mol. The fraction of sp³-hybridized carbons (Fsp3) is 0.136. The van der Waals surface area contributed by atoms with E-state index in [9.17, 15) is 15.0 Å². The van der Waals surface area contributed by atoms with Crippen molar-refractivity contribution in [2.75, 3.05) is 0 Å². The van der Waals surface area contributed by atoms with Crippen LogP contribution < -0.4 is 9.47 Å². The van der Waals surface area contributed by atoms with Crippen LogP contribution in [0.25, 0.3) is 0 Å². The Labute approximate surface area is 156 Å². The molecular formula is C22H18O5. The first-order chi connectivity index (χ1) is 13.1. The zero-order valence-electron chi connectivity index (χ0n) is 14.5.